The number of nitrogens with zero attached hydrogens (tertiary/aromatic N) is 1. The molecular formula is C28H43N3O5Si. The van der Waals surface area contributed by atoms with Crippen LogP contribution in [-0.4, -0.2) is 61.3 Å². The molecule has 0 saturated carbocycles. The lowest BCUT2D eigenvalue weighted by Gasteiger charge is -2.31. The van der Waals surface area contributed by atoms with Gasteiger partial charge in [0.15, 0.2) is 0 Å². The first-order valence-electron chi connectivity index (χ1n) is 12.7. The highest BCUT2D eigenvalue weighted by Gasteiger charge is 2.27. The molecule has 0 bridgehead atoms. The summed E-state index contributed by atoms with van der Waals surface area (Å²) in [5.74, 6) is 0. The van der Waals surface area contributed by atoms with Crippen LogP contribution in [0.1, 0.15) is 31.9 Å². The minimum atomic E-state index is -1.35. The van der Waals surface area contributed by atoms with Crippen LogP contribution < -0.4 is 10.7 Å². The molecule has 2 amide bonds. The van der Waals surface area contributed by atoms with Crippen LogP contribution in [0.25, 0.3) is 0 Å². The number of benzene rings is 2. The fraction of sp³-hybridized carbons (Fsp3) is 0.500. The van der Waals surface area contributed by atoms with E-state index in [9.17, 15) is 14.7 Å². The molecule has 0 fully saturated rings. The average molecular weight is 530 g/mol. The van der Waals surface area contributed by atoms with Gasteiger partial charge in [-0.25, -0.2) is 14.6 Å². The van der Waals surface area contributed by atoms with Crippen LogP contribution in [0, 0.1) is 0 Å². The molecule has 0 heterocycles. The third kappa shape index (κ3) is 13.3. The van der Waals surface area contributed by atoms with Gasteiger partial charge in [-0.15, -0.1) is 0 Å². The molecule has 0 spiro atoms. The van der Waals surface area contributed by atoms with Gasteiger partial charge in [-0.05, 0) is 44.4 Å². The van der Waals surface area contributed by atoms with Gasteiger partial charge in [-0.1, -0.05) is 80.3 Å². The number of alkyl carbamates (subject to hydrolysis) is 1. The molecule has 2 atom stereocenters. The van der Waals surface area contributed by atoms with Crippen molar-refractivity contribution >= 4 is 20.3 Å². The second-order valence-corrected chi connectivity index (χ2v) is 17.1. The third-order valence-electron chi connectivity index (χ3n) is 5.42. The largest absolute Gasteiger partial charge is 0.449 e. The number of hydrazine groups is 1. The van der Waals surface area contributed by atoms with Gasteiger partial charge in [0.25, 0.3) is 0 Å². The predicted molar refractivity (Wildman–Crippen MR) is 149 cm³/mol. The minimum absolute atomic E-state index is 0.0608. The summed E-state index contributed by atoms with van der Waals surface area (Å²) in [6.45, 7) is 12.8. The Kier molecular flexibility index (Phi) is 11.6. The molecule has 0 aromatic heterocycles. The molecule has 204 valence electrons. The Morgan fingerprint density at radius 3 is 2.05 bits per heavy atom. The Bertz CT molecular complexity index is 961. The lowest BCUT2D eigenvalue weighted by molar-refractivity contribution is 0.0272. The van der Waals surface area contributed by atoms with Gasteiger partial charge in [-0.3, -0.25) is 5.43 Å². The summed E-state index contributed by atoms with van der Waals surface area (Å²) in [5.41, 5.74) is 4.01. The number of carbonyl (C=O) groups excluding carboxylic acids is 2. The maximum atomic E-state index is 12.6. The zero-order valence-electron chi connectivity index (χ0n) is 23.0. The molecule has 2 rings (SSSR count). The number of hydrogen-bond acceptors (Lipinski definition) is 6. The predicted octanol–water partition coefficient (Wildman–Crippen LogP) is 4.96. The first kappa shape index (κ1) is 30.3. The summed E-state index contributed by atoms with van der Waals surface area (Å²) in [6.07, 6.45) is -1.80. The molecule has 37 heavy (non-hydrogen) atoms. The van der Waals surface area contributed by atoms with Gasteiger partial charge in [0.05, 0.1) is 18.8 Å². The second-order valence-electron chi connectivity index (χ2n) is 11.4. The zero-order chi connectivity index (χ0) is 27.5. The van der Waals surface area contributed by atoms with E-state index in [0.29, 0.717) is 19.6 Å². The lowest BCUT2D eigenvalue weighted by atomic mass is 10.0. The van der Waals surface area contributed by atoms with E-state index < -0.39 is 38.0 Å². The molecule has 3 N–H and O–H groups in total. The van der Waals surface area contributed by atoms with Gasteiger partial charge >= 0.3 is 12.2 Å². The van der Waals surface area contributed by atoms with E-state index in [-0.39, 0.29) is 6.54 Å². The van der Waals surface area contributed by atoms with E-state index in [1.165, 1.54) is 0 Å². The molecule has 0 aliphatic carbocycles. The van der Waals surface area contributed by atoms with Crippen LogP contribution in [-0.2, 0) is 22.4 Å². The Labute approximate surface area is 222 Å². The molecule has 0 radical (unpaired) electrons. The summed E-state index contributed by atoms with van der Waals surface area (Å²) >= 11 is 0. The number of nitrogens with one attached hydrogen (secondary N) is 2. The molecular weight excluding hydrogens is 486 g/mol. The summed E-state index contributed by atoms with van der Waals surface area (Å²) in [4.78, 5) is 25.1. The topological polar surface area (TPSA) is 100 Å². The highest BCUT2D eigenvalue weighted by atomic mass is 28.3. The van der Waals surface area contributed by atoms with Crippen molar-refractivity contribution in [2.24, 2.45) is 0 Å². The van der Waals surface area contributed by atoms with Crippen LogP contribution in [0.4, 0.5) is 9.59 Å². The second kappa shape index (κ2) is 14.2. The summed E-state index contributed by atoms with van der Waals surface area (Å²) in [7, 11) is -1.35. The standard InChI is InChI=1S/C28H43N3O5Si/c1-28(2,3)36-26(33)29-24(19-22-13-9-7-10-14-22)25(32)21-31(20-23-15-11-8-12-16-23)30-27(34)35-17-18-37(4,5)6/h7-16,24-25,32H,17-21H2,1-6H3,(H,29,33)(H,30,34). The molecule has 8 nitrogen and oxygen atoms in total. The first-order valence-corrected chi connectivity index (χ1v) is 16.5. The third-order valence-corrected chi connectivity index (χ3v) is 7.13. The van der Waals surface area contributed by atoms with Crippen molar-refractivity contribution in [3.8, 4) is 0 Å². The van der Waals surface area contributed by atoms with E-state index in [1.807, 2.05) is 60.7 Å². The minimum Gasteiger partial charge on any atom is -0.449 e. The van der Waals surface area contributed by atoms with Crippen LogP contribution in [0.3, 0.4) is 0 Å². The van der Waals surface area contributed by atoms with Crippen LogP contribution >= 0.6 is 0 Å². The van der Waals surface area contributed by atoms with Gasteiger partial charge in [0, 0.05) is 21.2 Å². The van der Waals surface area contributed by atoms with Gasteiger partial charge in [0.1, 0.15) is 5.60 Å². The number of amides is 2. The number of aliphatic hydroxyl groups is 1. The molecule has 0 saturated heterocycles. The van der Waals surface area contributed by atoms with Gasteiger partial charge in [-0.2, -0.15) is 0 Å². The van der Waals surface area contributed by atoms with Crippen molar-refractivity contribution < 1.29 is 24.2 Å². The number of rotatable bonds is 12. The molecule has 2 unspecified atom stereocenters. The number of carbonyl (C=O) groups is 2. The highest BCUT2D eigenvalue weighted by molar-refractivity contribution is 6.76. The monoisotopic (exact) mass is 529 g/mol. The van der Waals surface area contributed by atoms with Crippen molar-refractivity contribution in [2.75, 3.05) is 13.2 Å². The quantitative estimate of drug-likeness (QED) is 0.265. The van der Waals surface area contributed by atoms with E-state index >= 15 is 0 Å². The van der Waals surface area contributed by atoms with Crippen LogP contribution in [0.2, 0.25) is 25.7 Å². The Morgan fingerprint density at radius 1 is 0.946 bits per heavy atom. The highest BCUT2D eigenvalue weighted by Crippen LogP contribution is 2.13. The smallest absolute Gasteiger partial charge is 0.421 e. The van der Waals surface area contributed by atoms with Crippen molar-refractivity contribution in [1.82, 2.24) is 15.8 Å². The Hall–Kier alpha value is -2.88. The fourth-order valence-corrected chi connectivity index (χ4v) is 4.24. The molecule has 9 heteroatoms. The maximum Gasteiger partial charge on any atom is 0.421 e. The average Bonchev–Trinajstić information content (AvgIpc) is 2.78. The van der Waals surface area contributed by atoms with Crippen LogP contribution in [0.15, 0.2) is 60.7 Å². The molecule has 0 aliphatic heterocycles. The van der Waals surface area contributed by atoms with Crippen molar-refractivity contribution in [2.45, 2.75) is 77.2 Å². The van der Waals surface area contributed by atoms with Gasteiger partial charge in [0.2, 0.25) is 0 Å². The normalized spacial score (nSPS) is 13.5. The van der Waals surface area contributed by atoms with E-state index in [4.69, 9.17) is 9.47 Å². The summed E-state index contributed by atoms with van der Waals surface area (Å²) in [6, 6.07) is 19.4. The molecule has 2 aromatic rings. The Balaban J connectivity index is 2.15. The number of ether oxygens (including phenoxy) is 2. The maximum absolute atomic E-state index is 12.6. The summed E-state index contributed by atoms with van der Waals surface area (Å²) < 4.78 is 10.8. The first-order chi connectivity index (χ1) is 17.3. The SMILES string of the molecule is CC(C)(C)OC(=O)NC(Cc1ccccc1)C(O)CN(Cc1ccccc1)NC(=O)OCC[Si](C)(C)C. The number of hydrogen-bond donors (Lipinski definition) is 3. The molecule has 2 aromatic carbocycles. The molecule has 0 aliphatic rings. The van der Waals surface area contributed by atoms with Crippen LogP contribution in [0.5, 0.6) is 0 Å². The summed E-state index contributed by atoms with van der Waals surface area (Å²) in [5, 5.41) is 15.7. The van der Waals surface area contributed by atoms with E-state index in [1.54, 1.807) is 25.8 Å². The van der Waals surface area contributed by atoms with E-state index in [2.05, 4.69) is 30.4 Å². The van der Waals surface area contributed by atoms with Gasteiger partial charge < -0.3 is 19.9 Å². The zero-order valence-corrected chi connectivity index (χ0v) is 24.0. The fourth-order valence-electron chi connectivity index (χ4n) is 3.53. The number of aliphatic hydroxyl groups excluding tert-OH is 1. The van der Waals surface area contributed by atoms with Crippen molar-refractivity contribution in [3.63, 3.8) is 0 Å². The van der Waals surface area contributed by atoms with Crippen molar-refractivity contribution in [1.29, 1.82) is 0 Å². The lowest BCUT2D eigenvalue weighted by Crippen LogP contribution is -2.53. The van der Waals surface area contributed by atoms with E-state index in [0.717, 1.165) is 17.2 Å². The van der Waals surface area contributed by atoms with Crippen molar-refractivity contribution in [3.05, 3.63) is 71.8 Å². The Morgan fingerprint density at radius 2 is 1.51 bits per heavy atom.